The van der Waals surface area contributed by atoms with E-state index < -0.39 is 0 Å². The Morgan fingerprint density at radius 2 is 2.14 bits per heavy atom. The van der Waals surface area contributed by atoms with Gasteiger partial charge in [0.05, 0.1) is 6.20 Å². The fraction of sp³-hybridized carbons (Fsp3) is 0.143. The highest BCUT2D eigenvalue weighted by Crippen LogP contribution is 2.06. The summed E-state index contributed by atoms with van der Waals surface area (Å²) in [6, 6.07) is 8.32. The minimum Gasteiger partial charge on any atom is -0.319 e. The van der Waals surface area contributed by atoms with E-state index in [9.17, 15) is 4.79 Å². The van der Waals surface area contributed by atoms with Crippen LogP contribution in [0.3, 0.4) is 0 Å². The highest BCUT2D eigenvalue weighted by atomic mass is 32.1. The van der Waals surface area contributed by atoms with Crippen LogP contribution in [0.4, 0.5) is 0 Å². The van der Waals surface area contributed by atoms with Crippen molar-refractivity contribution in [1.29, 1.82) is 0 Å². The zero-order valence-corrected chi connectivity index (χ0v) is 12.9. The van der Waals surface area contributed by atoms with Crippen molar-refractivity contribution in [3.63, 3.8) is 0 Å². The number of carbonyl (C=O) groups is 1. The molecule has 2 heterocycles. The second-order valence-electron chi connectivity index (χ2n) is 4.50. The average molecular weight is 316 g/mol. The standard InChI is InChI=1S/C14H12N4OS2/c1-10-2-4-11(5-3-10)9-18-6-7-20-14(18)16-13(19)12-8-15-17-21-12/h2-8H,9H2,1H3. The third-order valence-electron chi connectivity index (χ3n) is 2.90. The van der Waals surface area contributed by atoms with Gasteiger partial charge in [0.25, 0.3) is 5.91 Å². The minimum absolute atomic E-state index is 0.301. The van der Waals surface area contributed by atoms with Gasteiger partial charge >= 0.3 is 0 Å². The molecule has 0 atom stereocenters. The van der Waals surface area contributed by atoms with E-state index in [2.05, 4.69) is 45.8 Å². The maximum absolute atomic E-state index is 12.0. The molecule has 0 N–H and O–H groups in total. The van der Waals surface area contributed by atoms with E-state index in [1.807, 2.05) is 16.1 Å². The first-order valence-corrected chi connectivity index (χ1v) is 7.93. The molecule has 0 aliphatic heterocycles. The van der Waals surface area contributed by atoms with Crippen molar-refractivity contribution >= 4 is 28.8 Å². The fourth-order valence-corrected chi connectivity index (χ4v) is 2.93. The number of aryl methyl sites for hydroxylation is 1. The smallest absolute Gasteiger partial charge is 0.293 e. The van der Waals surface area contributed by atoms with E-state index in [4.69, 9.17) is 0 Å². The highest BCUT2D eigenvalue weighted by molar-refractivity contribution is 7.08. The molecule has 21 heavy (non-hydrogen) atoms. The Bertz CT molecular complexity index is 800. The Balaban J connectivity index is 1.87. The van der Waals surface area contributed by atoms with E-state index in [0.29, 0.717) is 16.2 Å². The first kappa shape index (κ1) is 13.8. The van der Waals surface area contributed by atoms with E-state index in [0.717, 1.165) is 11.5 Å². The molecule has 7 heteroatoms. The lowest BCUT2D eigenvalue weighted by atomic mass is 10.1. The van der Waals surface area contributed by atoms with Crippen LogP contribution in [0.15, 0.2) is 47.0 Å². The van der Waals surface area contributed by atoms with E-state index >= 15 is 0 Å². The summed E-state index contributed by atoms with van der Waals surface area (Å²) in [6.45, 7) is 2.75. The van der Waals surface area contributed by atoms with Gasteiger partial charge in [0.2, 0.25) is 0 Å². The van der Waals surface area contributed by atoms with Gasteiger partial charge in [0.1, 0.15) is 4.88 Å². The number of carbonyl (C=O) groups excluding carboxylic acids is 1. The van der Waals surface area contributed by atoms with Gasteiger partial charge in [-0.05, 0) is 24.0 Å². The largest absolute Gasteiger partial charge is 0.319 e. The van der Waals surface area contributed by atoms with Gasteiger partial charge < -0.3 is 4.57 Å². The lowest BCUT2D eigenvalue weighted by molar-refractivity contribution is 0.100. The molecule has 1 amide bonds. The van der Waals surface area contributed by atoms with Gasteiger partial charge in [0.15, 0.2) is 4.80 Å². The molecule has 0 fully saturated rings. The maximum atomic E-state index is 12.0. The van der Waals surface area contributed by atoms with E-state index in [-0.39, 0.29) is 5.91 Å². The van der Waals surface area contributed by atoms with Gasteiger partial charge in [0, 0.05) is 18.1 Å². The molecule has 0 bridgehead atoms. The van der Waals surface area contributed by atoms with Crippen LogP contribution >= 0.6 is 22.9 Å². The number of hydrogen-bond acceptors (Lipinski definition) is 5. The van der Waals surface area contributed by atoms with Crippen LogP contribution in [0, 0.1) is 6.92 Å². The summed E-state index contributed by atoms with van der Waals surface area (Å²) < 4.78 is 5.64. The second-order valence-corrected chi connectivity index (χ2v) is 6.16. The number of thiazole rings is 1. The van der Waals surface area contributed by atoms with Crippen molar-refractivity contribution in [2.75, 3.05) is 0 Å². The number of rotatable bonds is 3. The Labute approximate surface area is 129 Å². The summed E-state index contributed by atoms with van der Waals surface area (Å²) >= 11 is 2.49. The normalized spacial score (nSPS) is 11.8. The zero-order chi connectivity index (χ0) is 14.7. The number of benzene rings is 1. The molecule has 0 radical (unpaired) electrons. The maximum Gasteiger partial charge on any atom is 0.293 e. The SMILES string of the molecule is Cc1ccc(Cn2ccsc2=NC(=O)c2cnns2)cc1. The molecule has 0 aliphatic rings. The molecule has 1 aromatic carbocycles. The van der Waals surface area contributed by atoms with Gasteiger partial charge in [-0.1, -0.05) is 34.3 Å². The molecule has 0 saturated heterocycles. The molecule has 0 unspecified atom stereocenters. The van der Waals surface area contributed by atoms with Gasteiger partial charge in [-0.15, -0.1) is 16.4 Å². The number of amides is 1. The van der Waals surface area contributed by atoms with E-state index in [1.54, 1.807) is 0 Å². The lowest BCUT2D eigenvalue weighted by Gasteiger charge is -2.03. The average Bonchev–Trinajstić information content (AvgIpc) is 3.14. The molecule has 106 valence electrons. The Kier molecular flexibility index (Phi) is 4.03. The Morgan fingerprint density at radius 1 is 1.33 bits per heavy atom. The number of hydrogen-bond donors (Lipinski definition) is 0. The summed E-state index contributed by atoms with van der Waals surface area (Å²) in [7, 11) is 0. The quantitative estimate of drug-likeness (QED) is 0.746. The molecule has 3 rings (SSSR count). The molecular weight excluding hydrogens is 304 g/mol. The number of nitrogens with zero attached hydrogens (tertiary/aromatic N) is 4. The van der Waals surface area contributed by atoms with Crippen LogP contribution in [-0.2, 0) is 6.54 Å². The first-order valence-electron chi connectivity index (χ1n) is 6.28. The van der Waals surface area contributed by atoms with Gasteiger partial charge in [-0.25, -0.2) is 0 Å². The molecule has 2 aromatic heterocycles. The summed E-state index contributed by atoms with van der Waals surface area (Å²) in [5.74, 6) is -0.301. The zero-order valence-electron chi connectivity index (χ0n) is 11.3. The molecule has 0 spiro atoms. The minimum atomic E-state index is -0.301. The Hall–Kier alpha value is -2.12. The van der Waals surface area contributed by atoms with Crippen LogP contribution in [0.5, 0.6) is 0 Å². The topological polar surface area (TPSA) is 60.1 Å². The summed E-state index contributed by atoms with van der Waals surface area (Å²) in [5.41, 5.74) is 2.40. The summed E-state index contributed by atoms with van der Waals surface area (Å²) in [4.78, 5) is 17.3. The van der Waals surface area contributed by atoms with Crippen LogP contribution in [-0.4, -0.2) is 20.1 Å². The Morgan fingerprint density at radius 3 is 2.86 bits per heavy atom. The second kappa shape index (κ2) is 6.11. The molecule has 0 saturated carbocycles. The van der Waals surface area contributed by atoms with Crippen LogP contribution < -0.4 is 4.80 Å². The van der Waals surface area contributed by atoms with Crippen molar-refractivity contribution in [3.05, 3.63) is 62.8 Å². The van der Waals surface area contributed by atoms with E-state index in [1.165, 1.54) is 28.7 Å². The molecular formula is C14H12N4OS2. The third-order valence-corrected chi connectivity index (χ3v) is 4.35. The lowest BCUT2D eigenvalue weighted by Crippen LogP contribution is -2.16. The highest BCUT2D eigenvalue weighted by Gasteiger charge is 2.07. The van der Waals surface area contributed by atoms with Gasteiger partial charge in [-0.2, -0.15) is 4.99 Å². The molecule has 0 aliphatic carbocycles. The van der Waals surface area contributed by atoms with Crippen LogP contribution in [0.25, 0.3) is 0 Å². The third kappa shape index (κ3) is 3.32. The molecule has 5 nitrogen and oxygen atoms in total. The number of aromatic nitrogens is 3. The van der Waals surface area contributed by atoms with Crippen molar-refractivity contribution in [1.82, 2.24) is 14.2 Å². The monoisotopic (exact) mass is 316 g/mol. The van der Waals surface area contributed by atoms with Crippen molar-refractivity contribution < 1.29 is 4.79 Å². The first-order chi connectivity index (χ1) is 10.2. The predicted octanol–water partition coefficient (Wildman–Crippen LogP) is 2.50. The predicted molar refractivity (Wildman–Crippen MR) is 82.4 cm³/mol. The van der Waals surface area contributed by atoms with Crippen molar-refractivity contribution in [2.24, 2.45) is 4.99 Å². The molecule has 3 aromatic rings. The van der Waals surface area contributed by atoms with Crippen LogP contribution in [0.2, 0.25) is 0 Å². The van der Waals surface area contributed by atoms with Gasteiger partial charge in [-0.3, -0.25) is 4.79 Å². The van der Waals surface area contributed by atoms with Crippen molar-refractivity contribution in [3.8, 4) is 0 Å². The fourth-order valence-electron chi connectivity index (χ4n) is 1.80. The van der Waals surface area contributed by atoms with Crippen molar-refractivity contribution in [2.45, 2.75) is 13.5 Å². The van der Waals surface area contributed by atoms with Crippen LogP contribution in [0.1, 0.15) is 20.8 Å². The summed E-state index contributed by atoms with van der Waals surface area (Å²) in [5, 5.41) is 5.58. The summed E-state index contributed by atoms with van der Waals surface area (Å²) in [6.07, 6.45) is 3.37.